The van der Waals surface area contributed by atoms with Gasteiger partial charge in [-0.2, -0.15) is 4.80 Å². The molecule has 1 atom stereocenters. The lowest BCUT2D eigenvalue weighted by Crippen LogP contribution is -2.25. The van der Waals surface area contributed by atoms with Crippen molar-refractivity contribution >= 4 is 34.8 Å². The molecule has 9 heteroatoms. The average molecular weight is 400 g/mol. The number of hydrogen-bond acceptors (Lipinski definition) is 5. The first-order chi connectivity index (χ1) is 12.0. The summed E-state index contributed by atoms with van der Waals surface area (Å²) in [5.41, 5.74) is 0.748. The second-order valence-electron chi connectivity index (χ2n) is 5.22. The van der Waals surface area contributed by atoms with Gasteiger partial charge in [-0.1, -0.05) is 46.9 Å². The van der Waals surface area contributed by atoms with Crippen molar-refractivity contribution in [3.8, 4) is 17.1 Å². The molecule has 0 aliphatic heterocycles. The lowest BCUT2D eigenvalue weighted by molar-refractivity contribution is 0.0850. The van der Waals surface area contributed by atoms with Crippen LogP contribution < -0.4 is 4.74 Å². The maximum atomic E-state index is 10.1. The third-order valence-electron chi connectivity index (χ3n) is 3.23. The minimum Gasteiger partial charge on any atom is -0.489 e. The minimum atomic E-state index is -0.840. The molecule has 0 aliphatic rings. The van der Waals surface area contributed by atoms with Crippen LogP contribution in [0.2, 0.25) is 15.1 Å². The van der Waals surface area contributed by atoms with E-state index in [1.807, 2.05) is 6.07 Å². The zero-order chi connectivity index (χ0) is 17.8. The molecule has 3 rings (SSSR count). The van der Waals surface area contributed by atoms with Crippen molar-refractivity contribution in [1.82, 2.24) is 20.2 Å². The molecule has 0 fully saturated rings. The number of aromatic nitrogens is 4. The van der Waals surface area contributed by atoms with E-state index in [1.165, 1.54) is 4.80 Å². The zero-order valence-electron chi connectivity index (χ0n) is 12.8. The lowest BCUT2D eigenvalue weighted by Gasteiger charge is -2.12. The van der Waals surface area contributed by atoms with E-state index in [1.54, 1.807) is 36.4 Å². The monoisotopic (exact) mass is 398 g/mol. The average Bonchev–Trinajstić information content (AvgIpc) is 3.02. The number of rotatable bonds is 6. The third-order valence-corrected chi connectivity index (χ3v) is 4.00. The summed E-state index contributed by atoms with van der Waals surface area (Å²) in [6.45, 7) is 0.147. The van der Waals surface area contributed by atoms with Gasteiger partial charge in [0.25, 0.3) is 0 Å². The summed E-state index contributed by atoms with van der Waals surface area (Å²) in [4.78, 5) is 1.30. The van der Waals surface area contributed by atoms with E-state index in [-0.39, 0.29) is 13.2 Å². The van der Waals surface area contributed by atoms with Crippen LogP contribution in [0.25, 0.3) is 11.4 Å². The van der Waals surface area contributed by atoms with Crippen molar-refractivity contribution in [2.75, 3.05) is 6.61 Å². The number of nitrogens with zero attached hydrogens (tertiary/aromatic N) is 4. The van der Waals surface area contributed by atoms with Gasteiger partial charge in [-0.15, -0.1) is 10.2 Å². The molecular formula is C16H13Cl3N4O2. The highest BCUT2D eigenvalue weighted by atomic mass is 35.5. The van der Waals surface area contributed by atoms with E-state index >= 15 is 0 Å². The first-order valence-corrected chi connectivity index (χ1v) is 8.44. The van der Waals surface area contributed by atoms with E-state index in [9.17, 15) is 5.11 Å². The Bertz CT molecular complexity index is 872. The number of aliphatic hydroxyl groups is 1. The molecule has 0 bridgehead atoms. The number of tetrazole rings is 1. The summed E-state index contributed by atoms with van der Waals surface area (Å²) in [5.74, 6) is 0.868. The molecule has 0 radical (unpaired) electrons. The first-order valence-electron chi connectivity index (χ1n) is 7.31. The van der Waals surface area contributed by atoms with Gasteiger partial charge in [0, 0.05) is 15.6 Å². The highest BCUT2D eigenvalue weighted by Crippen LogP contribution is 2.27. The molecule has 0 amide bonds. The molecule has 0 saturated carbocycles. The van der Waals surface area contributed by atoms with Crippen LogP contribution in [0.4, 0.5) is 0 Å². The highest BCUT2D eigenvalue weighted by molar-refractivity contribution is 6.35. The van der Waals surface area contributed by atoms with Crippen LogP contribution in [0.5, 0.6) is 5.75 Å². The van der Waals surface area contributed by atoms with Crippen molar-refractivity contribution < 1.29 is 9.84 Å². The fourth-order valence-electron chi connectivity index (χ4n) is 2.08. The first kappa shape index (κ1) is 17.9. The number of hydrogen-bond donors (Lipinski definition) is 1. The van der Waals surface area contributed by atoms with Crippen molar-refractivity contribution in [2.45, 2.75) is 12.6 Å². The van der Waals surface area contributed by atoms with Crippen molar-refractivity contribution in [2.24, 2.45) is 0 Å². The Morgan fingerprint density at radius 2 is 1.88 bits per heavy atom. The Balaban J connectivity index is 1.59. The molecule has 6 nitrogen and oxygen atoms in total. The number of halogens is 3. The summed E-state index contributed by atoms with van der Waals surface area (Å²) >= 11 is 17.8. The van der Waals surface area contributed by atoms with Gasteiger partial charge in [-0.05, 0) is 35.5 Å². The largest absolute Gasteiger partial charge is 0.489 e. The maximum Gasteiger partial charge on any atom is 0.204 e. The molecule has 0 spiro atoms. The lowest BCUT2D eigenvalue weighted by atomic mass is 10.2. The van der Waals surface area contributed by atoms with Crippen molar-refractivity contribution in [1.29, 1.82) is 0 Å². The fraction of sp³-hybridized carbons (Fsp3) is 0.188. The normalized spacial score (nSPS) is 12.2. The van der Waals surface area contributed by atoms with Crippen molar-refractivity contribution in [3.05, 3.63) is 57.5 Å². The molecule has 3 aromatic rings. The number of ether oxygens (including phenoxy) is 1. The standard InChI is InChI=1S/C16H13Cl3N4O2/c17-11-3-1-2-10(6-11)16-20-22-23(21-16)8-13(24)9-25-15-5-4-12(18)7-14(15)19/h1-7,13,24H,8-9H2. The van der Waals surface area contributed by atoms with Crippen LogP contribution in [0.3, 0.4) is 0 Å². The van der Waals surface area contributed by atoms with Gasteiger partial charge < -0.3 is 9.84 Å². The summed E-state index contributed by atoms with van der Waals surface area (Å²) in [6.07, 6.45) is -0.840. The summed E-state index contributed by atoms with van der Waals surface area (Å²) < 4.78 is 5.49. The van der Waals surface area contributed by atoms with Gasteiger partial charge in [-0.3, -0.25) is 0 Å². The molecule has 1 N–H and O–H groups in total. The predicted molar refractivity (Wildman–Crippen MR) is 96.2 cm³/mol. The van der Waals surface area contributed by atoms with E-state index < -0.39 is 6.10 Å². The molecule has 130 valence electrons. The van der Waals surface area contributed by atoms with Crippen molar-refractivity contribution in [3.63, 3.8) is 0 Å². The van der Waals surface area contributed by atoms with E-state index in [2.05, 4.69) is 15.4 Å². The van der Waals surface area contributed by atoms with Gasteiger partial charge in [0.2, 0.25) is 5.82 Å². The molecule has 1 heterocycles. The smallest absolute Gasteiger partial charge is 0.204 e. The molecule has 25 heavy (non-hydrogen) atoms. The third kappa shape index (κ3) is 4.83. The van der Waals surface area contributed by atoms with E-state index in [4.69, 9.17) is 39.5 Å². The van der Waals surface area contributed by atoms with Crippen LogP contribution >= 0.6 is 34.8 Å². The zero-order valence-corrected chi connectivity index (χ0v) is 15.1. The van der Waals surface area contributed by atoms with Crippen LogP contribution in [0, 0.1) is 0 Å². The van der Waals surface area contributed by atoms with Crippen LogP contribution in [0.1, 0.15) is 0 Å². The maximum absolute atomic E-state index is 10.1. The highest BCUT2D eigenvalue weighted by Gasteiger charge is 2.12. The predicted octanol–water partition coefficient (Wildman–Crippen LogP) is 3.74. The summed E-state index contributed by atoms with van der Waals surface area (Å²) in [7, 11) is 0. The van der Waals surface area contributed by atoms with Gasteiger partial charge in [-0.25, -0.2) is 0 Å². The van der Waals surface area contributed by atoms with Crippen LogP contribution in [-0.4, -0.2) is 38.0 Å². The minimum absolute atomic E-state index is 0.0232. The van der Waals surface area contributed by atoms with Gasteiger partial charge in [0.15, 0.2) is 0 Å². The Kier molecular flexibility index (Phi) is 5.75. The Labute approximate surface area is 158 Å². The van der Waals surface area contributed by atoms with Gasteiger partial charge >= 0.3 is 0 Å². The summed E-state index contributed by atoms with van der Waals surface area (Å²) in [5, 5.41) is 23.7. The van der Waals surface area contributed by atoms with E-state index in [0.29, 0.717) is 26.6 Å². The number of aliphatic hydroxyl groups excluding tert-OH is 1. The Morgan fingerprint density at radius 1 is 1.08 bits per heavy atom. The Morgan fingerprint density at radius 3 is 2.64 bits per heavy atom. The molecule has 1 unspecified atom stereocenters. The quantitative estimate of drug-likeness (QED) is 0.683. The van der Waals surface area contributed by atoms with E-state index in [0.717, 1.165) is 5.56 Å². The second-order valence-corrected chi connectivity index (χ2v) is 6.50. The topological polar surface area (TPSA) is 73.1 Å². The fourth-order valence-corrected chi connectivity index (χ4v) is 2.74. The van der Waals surface area contributed by atoms with Gasteiger partial charge in [0.1, 0.15) is 18.5 Å². The molecular weight excluding hydrogens is 387 g/mol. The van der Waals surface area contributed by atoms with Crippen LogP contribution in [0.15, 0.2) is 42.5 Å². The molecule has 0 aliphatic carbocycles. The second kappa shape index (κ2) is 8.01. The SMILES string of the molecule is OC(COc1ccc(Cl)cc1Cl)Cn1nnc(-c2cccc(Cl)c2)n1. The van der Waals surface area contributed by atoms with Gasteiger partial charge in [0.05, 0.1) is 11.6 Å². The Hall–Kier alpha value is -1.86. The molecule has 1 aromatic heterocycles. The molecule has 0 saturated heterocycles. The molecule has 2 aromatic carbocycles. The number of benzene rings is 2. The van der Waals surface area contributed by atoms with Crippen LogP contribution in [-0.2, 0) is 6.54 Å². The summed E-state index contributed by atoms with van der Waals surface area (Å²) in [6, 6.07) is 12.0.